The maximum absolute atomic E-state index is 12.6. The van der Waals surface area contributed by atoms with Crippen molar-refractivity contribution in [3.8, 4) is 5.75 Å². The van der Waals surface area contributed by atoms with Crippen molar-refractivity contribution in [1.82, 2.24) is 5.32 Å². The topological polar surface area (TPSA) is 50.4 Å². The summed E-state index contributed by atoms with van der Waals surface area (Å²) >= 11 is 17.3. The fraction of sp³-hybridized carbons (Fsp3) is 0.0526. The van der Waals surface area contributed by atoms with Crippen LogP contribution >= 0.6 is 35.4 Å². The van der Waals surface area contributed by atoms with Crippen LogP contribution in [0.5, 0.6) is 5.75 Å². The molecule has 0 aromatic heterocycles. The standard InChI is InChI=1S/C19H14Cl2N2O2S/c1-25-17-14(9-12(20)10-15(17)21)18(24)23-19(26)22-16-8-4-6-11-5-2-3-7-13(11)16/h2-10H,1H3,(H2,22,23,24,26). The number of nitrogens with one attached hydrogen (secondary N) is 2. The predicted molar refractivity (Wildman–Crippen MR) is 111 cm³/mol. The van der Waals surface area contributed by atoms with Crippen LogP contribution < -0.4 is 15.4 Å². The zero-order chi connectivity index (χ0) is 18.7. The van der Waals surface area contributed by atoms with E-state index < -0.39 is 5.91 Å². The van der Waals surface area contributed by atoms with Crippen molar-refractivity contribution in [1.29, 1.82) is 0 Å². The summed E-state index contributed by atoms with van der Waals surface area (Å²) in [5, 5.41) is 8.46. The molecule has 3 rings (SSSR count). The number of halogens is 2. The molecule has 4 nitrogen and oxygen atoms in total. The van der Waals surface area contributed by atoms with Gasteiger partial charge in [-0.2, -0.15) is 0 Å². The highest BCUT2D eigenvalue weighted by Crippen LogP contribution is 2.32. The fourth-order valence-electron chi connectivity index (χ4n) is 2.59. The summed E-state index contributed by atoms with van der Waals surface area (Å²) in [5.41, 5.74) is 0.997. The summed E-state index contributed by atoms with van der Waals surface area (Å²) < 4.78 is 5.19. The Hall–Kier alpha value is -2.34. The summed E-state index contributed by atoms with van der Waals surface area (Å²) in [5.74, 6) is -0.231. The lowest BCUT2D eigenvalue weighted by Gasteiger charge is -2.14. The van der Waals surface area contributed by atoms with Gasteiger partial charge in [0, 0.05) is 16.1 Å². The number of carbonyl (C=O) groups excluding carboxylic acids is 1. The number of hydrogen-bond donors (Lipinski definition) is 2. The van der Waals surface area contributed by atoms with Gasteiger partial charge in [0.2, 0.25) is 0 Å². The van der Waals surface area contributed by atoms with E-state index in [1.807, 2.05) is 42.5 Å². The Balaban J connectivity index is 1.81. The Kier molecular flexibility index (Phi) is 5.61. The maximum atomic E-state index is 12.6. The molecule has 0 atom stereocenters. The van der Waals surface area contributed by atoms with E-state index in [2.05, 4.69) is 10.6 Å². The van der Waals surface area contributed by atoms with E-state index in [0.29, 0.717) is 5.02 Å². The van der Waals surface area contributed by atoms with E-state index in [0.717, 1.165) is 16.5 Å². The minimum atomic E-state index is -0.469. The van der Waals surface area contributed by atoms with Gasteiger partial charge >= 0.3 is 0 Å². The monoisotopic (exact) mass is 404 g/mol. The summed E-state index contributed by atoms with van der Waals surface area (Å²) in [6, 6.07) is 16.7. The molecule has 0 unspecified atom stereocenters. The van der Waals surface area contributed by atoms with Crippen molar-refractivity contribution in [3.63, 3.8) is 0 Å². The van der Waals surface area contributed by atoms with Crippen molar-refractivity contribution in [2.45, 2.75) is 0 Å². The van der Waals surface area contributed by atoms with Crippen molar-refractivity contribution in [2.24, 2.45) is 0 Å². The summed E-state index contributed by atoms with van der Waals surface area (Å²) in [6.07, 6.45) is 0. The molecular formula is C19H14Cl2N2O2S. The highest BCUT2D eigenvalue weighted by Gasteiger charge is 2.18. The highest BCUT2D eigenvalue weighted by molar-refractivity contribution is 7.80. The molecule has 0 aliphatic heterocycles. The van der Waals surface area contributed by atoms with Crippen molar-refractivity contribution >= 4 is 62.9 Å². The van der Waals surface area contributed by atoms with Crippen LogP contribution in [0.15, 0.2) is 54.6 Å². The second-order valence-corrected chi connectivity index (χ2v) is 6.66. The summed E-state index contributed by atoms with van der Waals surface area (Å²) in [6.45, 7) is 0. The third kappa shape index (κ3) is 3.90. The molecule has 26 heavy (non-hydrogen) atoms. The number of ether oxygens (including phenoxy) is 1. The van der Waals surface area contributed by atoms with Crippen molar-refractivity contribution in [2.75, 3.05) is 12.4 Å². The zero-order valence-corrected chi connectivity index (χ0v) is 16.0. The SMILES string of the molecule is COc1c(Cl)cc(Cl)cc1C(=O)NC(=S)Nc1cccc2ccccc12. The number of benzene rings is 3. The molecule has 1 amide bonds. The molecule has 0 heterocycles. The number of rotatable bonds is 3. The number of hydrogen-bond acceptors (Lipinski definition) is 3. The van der Waals surface area contributed by atoms with Gasteiger partial charge < -0.3 is 10.1 Å². The molecule has 2 N–H and O–H groups in total. The first kappa shape index (κ1) is 18.5. The Morgan fingerprint density at radius 2 is 1.81 bits per heavy atom. The van der Waals surface area contributed by atoms with E-state index in [1.54, 1.807) is 0 Å². The van der Waals surface area contributed by atoms with Crippen LogP contribution in [0.3, 0.4) is 0 Å². The van der Waals surface area contributed by atoms with Crippen LogP contribution in [0.2, 0.25) is 10.0 Å². The molecule has 7 heteroatoms. The van der Waals surface area contributed by atoms with Crippen LogP contribution in [0.4, 0.5) is 5.69 Å². The number of anilines is 1. The molecule has 0 fully saturated rings. The van der Waals surface area contributed by atoms with Gasteiger partial charge in [0.15, 0.2) is 5.11 Å². The molecule has 3 aromatic carbocycles. The van der Waals surface area contributed by atoms with Crippen LogP contribution in [-0.4, -0.2) is 18.1 Å². The molecule has 132 valence electrons. The first-order chi connectivity index (χ1) is 12.5. The van der Waals surface area contributed by atoms with E-state index in [4.69, 9.17) is 40.2 Å². The van der Waals surface area contributed by atoms with Crippen LogP contribution in [-0.2, 0) is 0 Å². The largest absolute Gasteiger partial charge is 0.494 e. The molecule has 0 saturated heterocycles. The lowest BCUT2D eigenvalue weighted by atomic mass is 10.1. The minimum absolute atomic E-state index is 0.157. The van der Waals surface area contributed by atoms with Gasteiger partial charge in [0.1, 0.15) is 5.75 Å². The maximum Gasteiger partial charge on any atom is 0.261 e. The second-order valence-electron chi connectivity index (χ2n) is 5.40. The van der Waals surface area contributed by atoms with Crippen LogP contribution in [0.25, 0.3) is 10.8 Å². The smallest absolute Gasteiger partial charge is 0.261 e. The molecule has 0 aliphatic carbocycles. The quantitative estimate of drug-likeness (QED) is 0.582. The van der Waals surface area contributed by atoms with Gasteiger partial charge in [0.25, 0.3) is 5.91 Å². The third-order valence-electron chi connectivity index (χ3n) is 3.72. The van der Waals surface area contributed by atoms with Crippen molar-refractivity contribution < 1.29 is 9.53 Å². The Bertz CT molecular complexity index is 1000. The van der Waals surface area contributed by atoms with Crippen LogP contribution in [0, 0.1) is 0 Å². The summed E-state index contributed by atoms with van der Waals surface area (Å²) in [7, 11) is 1.43. The van der Waals surface area contributed by atoms with E-state index in [-0.39, 0.29) is 21.4 Å². The lowest BCUT2D eigenvalue weighted by molar-refractivity contribution is 0.0975. The number of fused-ring (bicyclic) bond motifs is 1. The molecule has 0 aliphatic rings. The van der Waals surface area contributed by atoms with Crippen molar-refractivity contribution in [3.05, 3.63) is 70.2 Å². The first-order valence-electron chi connectivity index (χ1n) is 7.62. The lowest BCUT2D eigenvalue weighted by Crippen LogP contribution is -2.34. The number of thiocarbonyl (C=S) groups is 1. The van der Waals surface area contributed by atoms with Gasteiger partial charge in [-0.05, 0) is 35.8 Å². The zero-order valence-electron chi connectivity index (χ0n) is 13.7. The van der Waals surface area contributed by atoms with Gasteiger partial charge in [0.05, 0.1) is 17.7 Å². The molecule has 3 aromatic rings. The first-order valence-corrected chi connectivity index (χ1v) is 8.79. The molecular weight excluding hydrogens is 391 g/mol. The third-order valence-corrected chi connectivity index (χ3v) is 4.43. The molecule has 0 saturated carbocycles. The normalized spacial score (nSPS) is 10.4. The summed E-state index contributed by atoms with van der Waals surface area (Å²) in [4.78, 5) is 12.6. The number of amides is 1. The molecule has 0 spiro atoms. The van der Waals surface area contributed by atoms with E-state index in [1.165, 1.54) is 19.2 Å². The molecule has 0 radical (unpaired) electrons. The molecule has 0 bridgehead atoms. The average Bonchev–Trinajstić information content (AvgIpc) is 2.61. The van der Waals surface area contributed by atoms with Gasteiger partial charge in [-0.3, -0.25) is 10.1 Å². The Morgan fingerprint density at radius 3 is 2.58 bits per heavy atom. The number of methoxy groups -OCH3 is 1. The number of carbonyl (C=O) groups is 1. The predicted octanol–water partition coefficient (Wildman–Crippen LogP) is 5.28. The van der Waals surface area contributed by atoms with Gasteiger partial charge in [-0.15, -0.1) is 0 Å². The van der Waals surface area contributed by atoms with E-state index in [9.17, 15) is 4.79 Å². The fourth-order valence-corrected chi connectivity index (χ4v) is 3.37. The minimum Gasteiger partial charge on any atom is -0.494 e. The average molecular weight is 405 g/mol. The highest BCUT2D eigenvalue weighted by atomic mass is 35.5. The van der Waals surface area contributed by atoms with Crippen LogP contribution in [0.1, 0.15) is 10.4 Å². The second kappa shape index (κ2) is 7.91. The Morgan fingerprint density at radius 1 is 1.08 bits per heavy atom. The van der Waals surface area contributed by atoms with Gasteiger partial charge in [-0.25, -0.2) is 0 Å². The Labute approximate surface area is 166 Å². The van der Waals surface area contributed by atoms with Gasteiger partial charge in [-0.1, -0.05) is 59.6 Å². The van der Waals surface area contributed by atoms with E-state index >= 15 is 0 Å².